The average molecular weight is 326 g/mol. The van der Waals surface area contributed by atoms with Gasteiger partial charge in [-0.15, -0.1) is 0 Å². The highest BCUT2D eigenvalue weighted by atomic mass is 32.2. The maximum atomic E-state index is 12.3. The minimum absolute atomic E-state index is 0.427. The summed E-state index contributed by atoms with van der Waals surface area (Å²) in [6.45, 7) is 6.80. The van der Waals surface area contributed by atoms with Gasteiger partial charge in [0, 0.05) is 32.5 Å². The molecular formula is C16H26N2O3S. The van der Waals surface area contributed by atoms with Crippen LogP contribution >= 0.6 is 0 Å². The molecule has 0 saturated carbocycles. The summed E-state index contributed by atoms with van der Waals surface area (Å²) in [4.78, 5) is 15.7. The number of carbonyl (C=O) groups is 1. The van der Waals surface area contributed by atoms with Crippen LogP contribution in [0.4, 0.5) is 11.4 Å². The molecular weight excluding hydrogens is 300 g/mol. The Morgan fingerprint density at radius 1 is 1.14 bits per heavy atom. The minimum Gasteiger partial charge on any atom is -0.377 e. The van der Waals surface area contributed by atoms with Crippen molar-refractivity contribution in [1.82, 2.24) is 0 Å². The largest absolute Gasteiger partial charge is 0.377 e. The minimum atomic E-state index is -3.49. The molecule has 0 unspecified atom stereocenters. The van der Waals surface area contributed by atoms with Crippen LogP contribution in [0, 0.1) is 6.92 Å². The molecule has 0 heterocycles. The van der Waals surface area contributed by atoms with Gasteiger partial charge in [0.15, 0.2) is 9.84 Å². The Labute approximate surface area is 133 Å². The summed E-state index contributed by atoms with van der Waals surface area (Å²) in [5.74, 6) is -0.915. The van der Waals surface area contributed by atoms with Crippen LogP contribution < -0.4 is 9.80 Å². The highest BCUT2D eigenvalue weighted by Crippen LogP contribution is 2.25. The summed E-state index contributed by atoms with van der Waals surface area (Å²) in [6, 6.07) is 5.63. The van der Waals surface area contributed by atoms with Crippen LogP contribution in [0.5, 0.6) is 0 Å². The summed E-state index contributed by atoms with van der Waals surface area (Å²) in [5.41, 5.74) is 2.77. The average Bonchev–Trinajstić information content (AvgIpc) is 2.36. The van der Waals surface area contributed by atoms with Gasteiger partial charge in [0.25, 0.3) is 0 Å². The van der Waals surface area contributed by atoms with Crippen LogP contribution in [0.2, 0.25) is 0 Å². The molecule has 0 bridgehead atoms. The predicted molar refractivity (Wildman–Crippen MR) is 92.5 cm³/mol. The van der Waals surface area contributed by atoms with Crippen molar-refractivity contribution >= 4 is 27.1 Å². The van der Waals surface area contributed by atoms with E-state index in [4.69, 9.17) is 0 Å². The number of benzene rings is 1. The first-order valence-corrected chi connectivity index (χ1v) is 8.79. The molecule has 0 aliphatic heterocycles. The maximum absolute atomic E-state index is 12.3. The van der Waals surface area contributed by atoms with Crippen molar-refractivity contribution in [3.05, 3.63) is 23.8 Å². The lowest BCUT2D eigenvalue weighted by Gasteiger charge is -2.24. The molecule has 0 fully saturated rings. The topological polar surface area (TPSA) is 57.7 Å². The van der Waals surface area contributed by atoms with Gasteiger partial charge >= 0.3 is 0 Å². The van der Waals surface area contributed by atoms with Crippen molar-refractivity contribution in [2.75, 3.05) is 36.7 Å². The molecule has 1 aromatic carbocycles. The van der Waals surface area contributed by atoms with Crippen molar-refractivity contribution in [2.45, 2.75) is 32.4 Å². The molecule has 1 amide bonds. The number of rotatable bonds is 4. The van der Waals surface area contributed by atoms with Crippen LogP contribution in [-0.4, -0.2) is 46.0 Å². The smallest absolute Gasteiger partial charge is 0.241 e. The second kappa shape index (κ2) is 6.28. The van der Waals surface area contributed by atoms with Crippen molar-refractivity contribution < 1.29 is 13.2 Å². The summed E-state index contributed by atoms with van der Waals surface area (Å²) in [5, 5.41) is 0. The third-order valence-electron chi connectivity index (χ3n) is 3.68. The highest BCUT2D eigenvalue weighted by molar-refractivity contribution is 7.93. The van der Waals surface area contributed by atoms with E-state index in [1.165, 1.54) is 4.90 Å². The van der Waals surface area contributed by atoms with E-state index in [2.05, 4.69) is 0 Å². The molecule has 0 radical (unpaired) electrons. The molecule has 0 N–H and O–H groups in total. The van der Waals surface area contributed by atoms with Crippen molar-refractivity contribution in [3.8, 4) is 0 Å². The molecule has 0 aliphatic carbocycles. The van der Waals surface area contributed by atoms with E-state index in [0.29, 0.717) is 5.69 Å². The van der Waals surface area contributed by atoms with Crippen LogP contribution in [0.15, 0.2) is 18.2 Å². The van der Waals surface area contributed by atoms with Crippen LogP contribution in [0.1, 0.15) is 26.3 Å². The normalized spacial score (nSPS) is 12.1. The van der Waals surface area contributed by atoms with Gasteiger partial charge in [-0.1, -0.05) is 6.07 Å². The van der Waals surface area contributed by atoms with E-state index in [-0.39, 0.29) is 0 Å². The molecule has 1 aromatic rings. The van der Waals surface area contributed by atoms with Gasteiger partial charge in [-0.05, 0) is 45.4 Å². The molecule has 22 heavy (non-hydrogen) atoms. The van der Waals surface area contributed by atoms with E-state index >= 15 is 0 Å². The third kappa shape index (κ3) is 4.00. The Bertz CT molecular complexity index is 658. The van der Waals surface area contributed by atoms with Crippen molar-refractivity contribution in [2.24, 2.45) is 0 Å². The molecule has 5 nitrogen and oxygen atoms in total. The van der Waals surface area contributed by atoms with E-state index < -0.39 is 26.2 Å². The maximum Gasteiger partial charge on any atom is 0.241 e. The summed E-state index contributed by atoms with van der Waals surface area (Å²) in [6.07, 6.45) is 0. The first kappa shape index (κ1) is 18.5. The first-order chi connectivity index (χ1) is 9.86. The lowest BCUT2D eigenvalue weighted by Crippen LogP contribution is -2.39. The highest BCUT2D eigenvalue weighted by Gasteiger charge is 2.32. The molecule has 0 atom stereocenters. The number of anilines is 2. The zero-order chi connectivity index (χ0) is 17.3. The fourth-order valence-corrected chi connectivity index (χ4v) is 2.86. The van der Waals surface area contributed by atoms with E-state index in [1.54, 1.807) is 27.8 Å². The zero-order valence-electron chi connectivity index (χ0n) is 14.5. The monoisotopic (exact) mass is 326 g/mol. The second-order valence-electron chi connectivity index (χ2n) is 6.69. The quantitative estimate of drug-likeness (QED) is 0.851. The van der Waals surface area contributed by atoms with E-state index in [1.807, 2.05) is 44.1 Å². The van der Waals surface area contributed by atoms with E-state index in [0.717, 1.165) is 11.3 Å². The van der Waals surface area contributed by atoms with Crippen LogP contribution in [-0.2, 0) is 14.6 Å². The van der Waals surface area contributed by atoms with Crippen LogP contribution in [0.3, 0.4) is 0 Å². The summed E-state index contributed by atoms with van der Waals surface area (Å²) >= 11 is 0. The zero-order valence-corrected chi connectivity index (χ0v) is 15.3. The summed E-state index contributed by atoms with van der Waals surface area (Å²) < 4.78 is 23.4. The lowest BCUT2D eigenvalue weighted by molar-refractivity contribution is -0.116. The van der Waals surface area contributed by atoms with Gasteiger partial charge in [-0.25, -0.2) is 8.42 Å². The molecule has 0 saturated heterocycles. The molecule has 124 valence electrons. The molecule has 0 spiro atoms. The second-order valence-corrected chi connectivity index (χ2v) is 9.43. The van der Waals surface area contributed by atoms with Gasteiger partial charge in [-0.3, -0.25) is 4.79 Å². The molecule has 1 rings (SSSR count). The number of sulfone groups is 1. The van der Waals surface area contributed by atoms with Crippen molar-refractivity contribution in [1.29, 1.82) is 0 Å². The lowest BCUT2D eigenvalue weighted by atomic mass is 10.1. The number of nitrogens with zero attached hydrogens (tertiary/aromatic N) is 2. The van der Waals surface area contributed by atoms with Gasteiger partial charge in [0.05, 0.1) is 4.75 Å². The SMILES string of the molecule is Cc1ccc(N(C)C(=O)CS(=O)(=O)C(C)(C)C)cc1N(C)C. The Morgan fingerprint density at radius 2 is 1.68 bits per heavy atom. The number of aryl methyl sites for hydroxylation is 1. The van der Waals surface area contributed by atoms with Gasteiger partial charge in [0.2, 0.25) is 5.91 Å². The van der Waals surface area contributed by atoms with Gasteiger partial charge in [0.1, 0.15) is 5.75 Å². The Morgan fingerprint density at radius 3 is 2.14 bits per heavy atom. The molecule has 0 aliphatic rings. The number of hydrogen-bond acceptors (Lipinski definition) is 4. The molecule has 0 aromatic heterocycles. The van der Waals surface area contributed by atoms with Crippen LogP contribution in [0.25, 0.3) is 0 Å². The summed E-state index contributed by atoms with van der Waals surface area (Å²) in [7, 11) is 1.97. The predicted octanol–water partition coefficient (Wildman–Crippen LogP) is 2.24. The van der Waals surface area contributed by atoms with E-state index in [9.17, 15) is 13.2 Å². The standard InChI is InChI=1S/C16H26N2O3S/c1-12-8-9-13(10-14(12)17(5)6)18(7)15(19)11-22(20,21)16(2,3)4/h8-10H,11H2,1-7H3. The number of carbonyl (C=O) groups excluding carboxylic acids is 1. The number of amides is 1. The molecule has 6 heteroatoms. The first-order valence-electron chi connectivity index (χ1n) is 7.13. The van der Waals surface area contributed by atoms with Gasteiger partial charge < -0.3 is 9.80 Å². The Kier molecular flexibility index (Phi) is 5.28. The fourth-order valence-electron chi connectivity index (χ4n) is 1.91. The van der Waals surface area contributed by atoms with Gasteiger partial charge in [-0.2, -0.15) is 0 Å². The Hall–Kier alpha value is -1.56. The van der Waals surface area contributed by atoms with Crippen molar-refractivity contribution in [3.63, 3.8) is 0 Å². The number of hydrogen-bond donors (Lipinski definition) is 0. The fraction of sp³-hybridized carbons (Fsp3) is 0.562. The third-order valence-corrected chi connectivity index (χ3v) is 6.18. The Balaban J connectivity index is 3.05.